The van der Waals surface area contributed by atoms with Crippen molar-refractivity contribution in [2.45, 2.75) is 58.3 Å². The van der Waals surface area contributed by atoms with E-state index in [4.69, 9.17) is 4.52 Å². The highest BCUT2D eigenvalue weighted by Crippen LogP contribution is 2.33. The zero-order chi connectivity index (χ0) is 14.8. The molecule has 0 bridgehead atoms. The third kappa shape index (κ3) is 3.30. The first kappa shape index (κ1) is 14.6. The normalized spacial score (nSPS) is 23.4. The summed E-state index contributed by atoms with van der Waals surface area (Å²) >= 11 is 0. The Morgan fingerprint density at radius 2 is 2.10 bits per heavy atom. The topological polar surface area (TPSA) is 46.3 Å². The second-order valence-corrected chi connectivity index (χ2v) is 7.06. The van der Waals surface area contributed by atoms with Gasteiger partial charge in [-0.05, 0) is 24.7 Å². The van der Waals surface area contributed by atoms with E-state index in [-0.39, 0.29) is 11.8 Å². The van der Waals surface area contributed by atoms with Gasteiger partial charge in [0.15, 0.2) is 5.69 Å². The number of carbonyl (C=O) groups excluding carboxylic acids is 1. The van der Waals surface area contributed by atoms with Gasteiger partial charge in [-0.2, -0.15) is 0 Å². The van der Waals surface area contributed by atoms with E-state index in [0.29, 0.717) is 11.6 Å². The molecule has 116 valence electrons. The molecule has 1 unspecified atom stereocenters. The number of nitrogens with zero attached hydrogens (tertiary/aromatic N) is 2. The molecule has 4 nitrogen and oxygen atoms in total. The summed E-state index contributed by atoms with van der Waals surface area (Å²) in [6.07, 6.45) is 8.04. The summed E-state index contributed by atoms with van der Waals surface area (Å²) in [4.78, 5) is 14.4. The Labute approximate surface area is 126 Å². The minimum Gasteiger partial charge on any atom is -0.360 e. The number of hydrogen-bond acceptors (Lipinski definition) is 3. The maximum absolute atomic E-state index is 12.5. The van der Waals surface area contributed by atoms with E-state index in [1.807, 2.05) is 18.7 Å². The summed E-state index contributed by atoms with van der Waals surface area (Å²) in [5, 5.41) is 3.94. The fourth-order valence-corrected chi connectivity index (χ4v) is 3.75. The first-order valence-electron chi connectivity index (χ1n) is 8.39. The van der Waals surface area contributed by atoms with Crippen LogP contribution in [0.5, 0.6) is 0 Å². The molecule has 2 heterocycles. The van der Waals surface area contributed by atoms with Crippen molar-refractivity contribution in [1.82, 2.24) is 10.1 Å². The molecule has 21 heavy (non-hydrogen) atoms. The average Bonchev–Trinajstić information content (AvgIpc) is 3.20. The van der Waals surface area contributed by atoms with Crippen LogP contribution >= 0.6 is 0 Å². The number of rotatable bonds is 4. The van der Waals surface area contributed by atoms with Gasteiger partial charge in [0.05, 0.1) is 0 Å². The molecule has 3 rings (SSSR count). The van der Waals surface area contributed by atoms with Gasteiger partial charge in [0, 0.05) is 25.1 Å². The molecular weight excluding hydrogens is 264 g/mol. The van der Waals surface area contributed by atoms with Gasteiger partial charge < -0.3 is 9.42 Å². The molecule has 0 aromatic carbocycles. The lowest BCUT2D eigenvalue weighted by Gasteiger charge is -2.17. The highest BCUT2D eigenvalue weighted by atomic mass is 16.5. The molecule has 1 aliphatic heterocycles. The maximum atomic E-state index is 12.5. The van der Waals surface area contributed by atoms with Crippen molar-refractivity contribution in [3.63, 3.8) is 0 Å². The van der Waals surface area contributed by atoms with Crippen LogP contribution < -0.4 is 0 Å². The monoisotopic (exact) mass is 290 g/mol. The van der Waals surface area contributed by atoms with Gasteiger partial charge in [-0.25, -0.2) is 0 Å². The van der Waals surface area contributed by atoms with Gasteiger partial charge in [-0.15, -0.1) is 0 Å². The highest BCUT2D eigenvalue weighted by Gasteiger charge is 2.30. The van der Waals surface area contributed by atoms with E-state index in [1.54, 1.807) is 6.07 Å². The molecule has 2 aliphatic rings. The van der Waals surface area contributed by atoms with E-state index >= 15 is 0 Å². The third-order valence-corrected chi connectivity index (χ3v) is 5.03. The Kier molecular flexibility index (Phi) is 4.32. The summed E-state index contributed by atoms with van der Waals surface area (Å²) in [5.41, 5.74) is 0.472. The minimum atomic E-state index is 0.0413. The first-order valence-corrected chi connectivity index (χ1v) is 8.39. The first-order chi connectivity index (χ1) is 10.1. The van der Waals surface area contributed by atoms with E-state index in [2.05, 4.69) is 5.16 Å². The summed E-state index contributed by atoms with van der Waals surface area (Å²) in [6, 6.07) is 1.80. The van der Waals surface area contributed by atoms with Gasteiger partial charge in [0.25, 0.3) is 5.91 Å². The predicted octanol–water partition coefficient (Wildman–Crippen LogP) is 3.84. The van der Waals surface area contributed by atoms with Crippen molar-refractivity contribution in [2.75, 3.05) is 13.1 Å². The fourth-order valence-electron chi connectivity index (χ4n) is 3.75. The van der Waals surface area contributed by atoms with E-state index in [9.17, 15) is 4.79 Å². The Bertz CT molecular complexity index is 489. The molecule has 0 N–H and O–H groups in total. The SMILES string of the molecule is CC(C)c1cc(C(=O)N2CCC(CC3CCCC3)C2)no1. The van der Waals surface area contributed by atoms with E-state index < -0.39 is 0 Å². The molecule has 1 saturated carbocycles. The van der Waals surface area contributed by atoms with Crippen LogP contribution in [0.1, 0.15) is 74.5 Å². The molecule has 0 radical (unpaired) electrons. The van der Waals surface area contributed by atoms with Crippen LogP contribution in [-0.2, 0) is 0 Å². The molecule has 0 spiro atoms. The van der Waals surface area contributed by atoms with Crippen molar-refractivity contribution in [3.05, 3.63) is 17.5 Å². The quantitative estimate of drug-likeness (QED) is 0.846. The Hall–Kier alpha value is -1.32. The molecule has 1 atom stereocenters. The van der Waals surface area contributed by atoms with Crippen molar-refractivity contribution >= 4 is 5.91 Å². The minimum absolute atomic E-state index is 0.0413. The van der Waals surface area contributed by atoms with Crippen LogP contribution in [0.25, 0.3) is 0 Å². The molecule has 4 heteroatoms. The number of carbonyl (C=O) groups is 1. The molecule has 1 saturated heterocycles. The second-order valence-electron chi connectivity index (χ2n) is 7.06. The van der Waals surface area contributed by atoms with Crippen molar-refractivity contribution in [3.8, 4) is 0 Å². The van der Waals surface area contributed by atoms with Crippen molar-refractivity contribution < 1.29 is 9.32 Å². The summed E-state index contributed by atoms with van der Waals surface area (Å²) < 4.78 is 5.24. The Balaban J connectivity index is 1.55. The lowest BCUT2D eigenvalue weighted by molar-refractivity contribution is 0.0775. The summed E-state index contributed by atoms with van der Waals surface area (Å²) in [6.45, 7) is 5.86. The van der Waals surface area contributed by atoms with Crippen LogP contribution in [0.3, 0.4) is 0 Å². The lowest BCUT2D eigenvalue weighted by atomic mass is 9.93. The number of hydrogen-bond donors (Lipinski definition) is 0. The van der Waals surface area contributed by atoms with Crippen molar-refractivity contribution in [1.29, 1.82) is 0 Å². The molecular formula is C17H26N2O2. The van der Waals surface area contributed by atoms with Crippen LogP contribution in [0.2, 0.25) is 0 Å². The standard InChI is InChI=1S/C17H26N2O2/c1-12(2)16-10-15(18-21-16)17(20)19-8-7-14(11-19)9-13-5-3-4-6-13/h10,12-14H,3-9,11H2,1-2H3. The zero-order valence-corrected chi connectivity index (χ0v) is 13.2. The van der Waals surface area contributed by atoms with Crippen LogP contribution in [0.4, 0.5) is 0 Å². The zero-order valence-electron chi connectivity index (χ0n) is 13.2. The average molecular weight is 290 g/mol. The van der Waals surface area contributed by atoms with Crippen LogP contribution in [0.15, 0.2) is 10.6 Å². The second kappa shape index (κ2) is 6.20. The maximum Gasteiger partial charge on any atom is 0.276 e. The fraction of sp³-hybridized carbons (Fsp3) is 0.765. The highest BCUT2D eigenvalue weighted by molar-refractivity contribution is 5.92. The lowest BCUT2D eigenvalue weighted by Crippen LogP contribution is -2.29. The molecule has 2 fully saturated rings. The number of aromatic nitrogens is 1. The summed E-state index contributed by atoms with van der Waals surface area (Å²) in [7, 11) is 0. The van der Waals surface area contributed by atoms with Crippen LogP contribution in [-0.4, -0.2) is 29.1 Å². The van der Waals surface area contributed by atoms with Gasteiger partial charge in [-0.3, -0.25) is 4.79 Å². The third-order valence-electron chi connectivity index (χ3n) is 5.03. The molecule has 1 amide bonds. The van der Waals surface area contributed by atoms with Gasteiger partial charge in [-0.1, -0.05) is 44.7 Å². The van der Waals surface area contributed by atoms with Gasteiger partial charge in [0.1, 0.15) is 5.76 Å². The largest absolute Gasteiger partial charge is 0.360 e. The summed E-state index contributed by atoms with van der Waals surface area (Å²) in [5.74, 6) is 2.70. The van der Waals surface area contributed by atoms with Gasteiger partial charge in [0.2, 0.25) is 0 Å². The molecule has 1 aliphatic carbocycles. The van der Waals surface area contributed by atoms with E-state index in [0.717, 1.165) is 31.2 Å². The smallest absolute Gasteiger partial charge is 0.276 e. The Morgan fingerprint density at radius 1 is 1.33 bits per heavy atom. The van der Waals surface area contributed by atoms with Crippen molar-refractivity contribution in [2.24, 2.45) is 11.8 Å². The molecule has 1 aromatic rings. The van der Waals surface area contributed by atoms with Gasteiger partial charge >= 0.3 is 0 Å². The molecule has 1 aromatic heterocycles. The number of amides is 1. The van der Waals surface area contributed by atoms with Crippen LogP contribution in [0, 0.1) is 11.8 Å². The predicted molar refractivity (Wildman–Crippen MR) is 81.2 cm³/mol. The Morgan fingerprint density at radius 3 is 2.76 bits per heavy atom. The van der Waals surface area contributed by atoms with E-state index in [1.165, 1.54) is 32.1 Å². The number of likely N-dealkylation sites (tertiary alicyclic amines) is 1.